The molecule has 1 unspecified atom stereocenters. The predicted molar refractivity (Wildman–Crippen MR) is 126 cm³/mol. The van der Waals surface area contributed by atoms with Gasteiger partial charge in [0.2, 0.25) is 0 Å². The zero-order valence-electron chi connectivity index (χ0n) is 17.3. The highest BCUT2D eigenvalue weighted by Gasteiger charge is 2.35. The van der Waals surface area contributed by atoms with Crippen LogP contribution in [0.2, 0.25) is 5.02 Å². The van der Waals surface area contributed by atoms with E-state index in [1.165, 1.54) is 31.5 Å². The molecule has 0 bridgehead atoms. The minimum absolute atomic E-state index is 0.631. The number of likely N-dealkylation sites (tertiary alicyclic amines) is 1. The lowest BCUT2D eigenvalue weighted by molar-refractivity contribution is 0.127. The third-order valence-electron chi connectivity index (χ3n) is 6.26. The zero-order valence-corrected chi connectivity index (χ0v) is 18.1. The lowest BCUT2D eigenvalue weighted by Gasteiger charge is -2.31. The minimum Gasteiger partial charge on any atom is -0.376 e. The lowest BCUT2D eigenvalue weighted by Crippen LogP contribution is -2.29. The van der Waals surface area contributed by atoms with Gasteiger partial charge in [-0.05, 0) is 60.8 Å². The molecule has 31 heavy (non-hydrogen) atoms. The largest absolute Gasteiger partial charge is 0.376 e. The molecule has 1 aromatic heterocycles. The lowest BCUT2D eigenvalue weighted by atomic mass is 9.79. The summed E-state index contributed by atoms with van der Waals surface area (Å²) in [4.78, 5) is 6.96. The SMILES string of the molecule is OC(c1ccccc1)(c1ccc(CN2CCCC2)cc1)c1ccnc2cc(Cl)ccc12. The van der Waals surface area contributed by atoms with E-state index in [1.807, 2.05) is 54.6 Å². The average Bonchev–Trinajstić information content (AvgIpc) is 3.32. The maximum absolute atomic E-state index is 12.3. The Labute approximate surface area is 187 Å². The molecule has 0 radical (unpaired) electrons. The molecule has 0 saturated carbocycles. The van der Waals surface area contributed by atoms with Crippen LogP contribution in [-0.2, 0) is 12.1 Å². The number of benzene rings is 3. The highest BCUT2D eigenvalue weighted by molar-refractivity contribution is 6.31. The molecule has 1 saturated heterocycles. The molecule has 4 heteroatoms. The van der Waals surface area contributed by atoms with Crippen molar-refractivity contribution >= 4 is 22.5 Å². The fraction of sp³-hybridized carbons (Fsp3) is 0.222. The number of aliphatic hydroxyl groups is 1. The van der Waals surface area contributed by atoms with Crippen LogP contribution in [0.5, 0.6) is 0 Å². The highest BCUT2D eigenvalue weighted by atomic mass is 35.5. The van der Waals surface area contributed by atoms with E-state index in [4.69, 9.17) is 11.6 Å². The summed E-state index contributed by atoms with van der Waals surface area (Å²) in [6.07, 6.45) is 4.31. The summed E-state index contributed by atoms with van der Waals surface area (Å²) in [5.41, 5.74) is 3.20. The average molecular weight is 429 g/mol. The topological polar surface area (TPSA) is 36.4 Å². The molecule has 1 aliphatic heterocycles. The molecule has 3 nitrogen and oxygen atoms in total. The predicted octanol–water partition coefficient (Wildman–Crippen LogP) is 5.77. The Hall–Kier alpha value is -2.72. The summed E-state index contributed by atoms with van der Waals surface area (Å²) in [6.45, 7) is 3.29. The number of rotatable bonds is 5. The van der Waals surface area contributed by atoms with Gasteiger partial charge in [-0.25, -0.2) is 0 Å². The van der Waals surface area contributed by atoms with Crippen molar-refractivity contribution in [3.63, 3.8) is 0 Å². The van der Waals surface area contributed by atoms with E-state index >= 15 is 0 Å². The minimum atomic E-state index is -1.30. The molecular formula is C27H25ClN2O. The normalized spacial score (nSPS) is 16.5. The van der Waals surface area contributed by atoms with Gasteiger partial charge in [-0.1, -0.05) is 72.3 Å². The molecule has 1 atom stereocenters. The van der Waals surface area contributed by atoms with Crippen LogP contribution in [-0.4, -0.2) is 28.1 Å². The van der Waals surface area contributed by atoms with E-state index in [0.717, 1.165) is 34.1 Å². The molecular weight excluding hydrogens is 404 g/mol. The third kappa shape index (κ3) is 3.85. The first-order valence-electron chi connectivity index (χ1n) is 10.8. The van der Waals surface area contributed by atoms with Gasteiger partial charge in [0, 0.05) is 28.7 Å². The Bertz CT molecular complexity index is 1190. The van der Waals surface area contributed by atoms with Crippen LogP contribution >= 0.6 is 11.6 Å². The quantitative estimate of drug-likeness (QED) is 0.438. The van der Waals surface area contributed by atoms with Crippen LogP contribution in [0.1, 0.15) is 35.1 Å². The monoisotopic (exact) mass is 428 g/mol. The molecule has 2 heterocycles. The molecule has 0 aliphatic carbocycles. The number of fused-ring (bicyclic) bond motifs is 1. The van der Waals surface area contributed by atoms with Crippen molar-refractivity contribution in [1.82, 2.24) is 9.88 Å². The number of aromatic nitrogens is 1. The Morgan fingerprint density at radius 2 is 1.58 bits per heavy atom. The molecule has 3 aromatic carbocycles. The second-order valence-electron chi connectivity index (χ2n) is 8.28. The van der Waals surface area contributed by atoms with Crippen molar-refractivity contribution in [2.24, 2.45) is 0 Å². The Morgan fingerprint density at radius 1 is 0.871 bits per heavy atom. The molecule has 0 spiro atoms. The summed E-state index contributed by atoms with van der Waals surface area (Å²) in [7, 11) is 0. The first-order valence-corrected chi connectivity index (χ1v) is 11.2. The van der Waals surface area contributed by atoms with E-state index in [-0.39, 0.29) is 0 Å². The third-order valence-corrected chi connectivity index (χ3v) is 6.50. The van der Waals surface area contributed by atoms with Crippen LogP contribution in [0.3, 0.4) is 0 Å². The van der Waals surface area contributed by atoms with Gasteiger partial charge in [0.25, 0.3) is 0 Å². The van der Waals surface area contributed by atoms with Gasteiger partial charge < -0.3 is 5.11 Å². The smallest absolute Gasteiger partial charge is 0.141 e. The number of pyridine rings is 1. The Balaban J connectivity index is 1.63. The Kier molecular flexibility index (Phi) is 5.49. The van der Waals surface area contributed by atoms with Gasteiger partial charge in [-0.3, -0.25) is 9.88 Å². The van der Waals surface area contributed by atoms with Crippen LogP contribution in [0.25, 0.3) is 10.9 Å². The molecule has 156 valence electrons. The molecule has 0 amide bonds. The van der Waals surface area contributed by atoms with Crippen molar-refractivity contribution in [1.29, 1.82) is 0 Å². The summed E-state index contributed by atoms with van der Waals surface area (Å²) in [5, 5.41) is 13.8. The second kappa shape index (κ2) is 8.43. The van der Waals surface area contributed by atoms with E-state index in [9.17, 15) is 5.11 Å². The fourth-order valence-electron chi connectivity index (χ4n) is 4.64. The molecule has 5 rings (SSSR count). The first kappa shape index (κ1) is 20.2. The standard InChI is InChI=1S/C27H25ClN2O/c28-23-12-13-24-25(14-15-29-26(24)18-23)27(31,21-6-2-1-3-7-21)22-10-8-20(9-11-22)19-30-16-4-5-17-30/h1-3,6-15,18,31H,4-5,16-17,19H2. The number of hydrogen-bond donors (Lipinski definition) is 1. The highest BCUT2D eigenvalue weighted by Crippen LogP contribution is 2.40. The summed E-state index contributed by atoms with van der Waals surface area (Å²) >= 11 is 6.20. The van der Waals surface area contributed by atoms with Crippen LogP contribution in [0, 0.1) is 0 Å². The van der Waals surface area contributed by atoms with Gasteiger partial charge >= 0.3 is 0 Å². The van der Waals surface area contributed by atoms with Gasteiger partial charge in [0.1, 0.15) is 5.60 Å². The summed E-state index contributed by atoms with van der Waals surface area (Å²) in [5.74, 6) is 0. The summed E-state index contributed by atoms with van der Waals surface area (Å²) < 4.78 is 0. The van der Waals surface area contributed by atoms with Crippen molar-refractivity contribution in [2.75, 3.05) is 13.1 Å². The van der Waals surface area contributed by atoms with Gasteiger partial charge in [-0.15, -0.1) is 0 Å². The van der Waals surface area contributed by atoms with Crippen LogP contribution in [0.15, 0.2) is 85.1 Å². The van der Waals surface area contributed by atoms with Crippen molar-refractivity contribution in [3.05, 3.63) is 112 Å². The maximum Gasteiger partial charge on any atom is 0.141 e. The first-order chi connectivity index (χ1) is 15.1. The van der Waals surface area contributed by atoms with E-state index in [0.29, 0.717) is 5.02 Å². The molecule has 1 fully saturated rings. The number of halogens is 1. The molecule has 4 aromatic rings. The second-order valence-corrected chi connectivity index (χ2v) is 8.71. The van der Waals surface area contributed by atoms with E-state index in [1.54, 1.807) is 6.20 Å². The van der Waals surface area contributed by atoms with Gasteiger partial charge in [0.05, 0.1) is 5.52 Å². The van der Waals surface area contributed by atoms with Crippen molar-refractivity contribution in [3.8, 4) is 0 Å². The number of nitrogens with zero attached hydrogens (tertiary/aromatic N) is 2. The van der Waals surface area contributed by atoms with Gasteiger partial charge in [-0.2, -0.15) is 0 Å². The van der Waals surface area contributed by atoms with Gasteiger partial charge in [0.15, 0.2) is 0 Å². The molecule has 1 N–H and O–H groups in total. The summed E-state index contributed by atoms with van der Waals surface area (Å²) in [6, 6.07) is 25.8. The molecule has 1 aliphatic rings. The van der Waals surface area contributed by atoms with Crippen molar-refractivity contribution < 1.29 is 5.11 Å². The fourth-order valence-corrected chi connectivity index (χ4v) is 4.81. The zero-order chi connectivity index (χ0) is 21.3. The van der Waals surface area contributed by atoms with E-state index in [2.05, 4.69) is 34.1 Å². The van der Waals surface area contributed by atoms with Crippen LogP contribution < -0.4 is 0 Å². The van der Waals surface area contributed by atoms with Crippen molar-refractivity contribution in [2.45, 2.75) is 25.0 Å². The maximum atomic E-state index is 12.3. The Morgan fingerprint density at radius 3 is 2.32 bits per heavy atom. The van der Waals surface area contributed by atoms with E-state index < -0.39 is 5.60 Å². The number of hydrogen-bond acceptors (Lipinski definition) is 3. The van der Waals surface area contributed by atoms with Crippen LogP contribution in [0.4, 0.5) is 0 Å².